The molecule has 1 aliphatic heterocycles. The van der Waals surface area contributed by atoms with E-state index in [9.17, 15) is 4.79 Å². The van der Waals surface area contributed by atoms with Crippen LogP contribution in [-0.4, -0.2) is 31.8 Å². The molecule has 2 aromatic heterocycles. The van der Waals surface area contributed by atoms with Gasteiger partial charge in [0, 0.05) is 29.7 Å². The van der Waals surface area contributed by atoms with Crippen molar-refractivity contribution < 1.29 is 14.6 Å². The first-order valence-corrected chi connectivity index (χ1v) is 7.70. The molecule has 7 heteroatoms. The topological polar surface area (TPSA) is 89.3 Å². The molecule has 0 amide bonds. The smallest absolute Gasteiger partial charge is 0.415 e. The summed E-state index contributed by atoms with van der Waals surface area (Å²) in [5, 5.41) is 13.3. The summed E-state index contributed by atoms with van der Waals surface area (Å²) in [6, 6.07) is 7.39. The minimum absolute atomic E-state index is 0.345. The van der Waals surface area contributed by atoms with E-state index < -0.39 is 6.09 Å². The number of ether oxygens (including phenoxy) is 1. The van der Waals surface area contributed by atoms with Gasteiger partial charge in [0.2, 0.25) is 5.88 Å². The molecule has 3 aromatic rings. The summed E-state index contributed by atoms with van der Waals surface area (Å²) in [4.78, 5) is 19.7. The summed E-state index contributed by atoms with van der Waals surface area (Å²) in [5.74, 6) is 1.18. The minimum atomic E-state index is -1.01. The van der Waals surface area contributed by atoms with E-state index in [-0.39, 0.29) is 0 Å². The zero-order chi connectivity index (χ0) is 16.7. The number of hydrogen-bond donors (Lipinski definition) is 2. The summed E-state index contributed by atoms with van der Waals surface area (Å²) in [5.41, 5.74) is 2.60. The average molecular weight is 324 g/mol. The van der Waals surface area contributed by atoms with Gasteiger partial charge in [0.1, 0.15) is 12.1 Å². The maximum atomic E-state index is 11.2. The Labute approximate surface area is 137 Å². The first-order chi connectivity index (χ1) is 11.6. The van der Waals surface area contributed by atoms with Gasteiger partial charge in [-0.15, -0.1) is 0 Å². The second kappa shape index (κ2) is 5.61. The Balaban J connectivity index is 1.69. The Morgan fingerprint density at radius 2 is 2.25 bits per heavy atom. The van der Waals surface area contributed by atoms with Crippen molar-refractivity contribution in [2.24, 2.45) is 0 Å². The average Bonchev–Trinajstić information content (AvgIpc) is 2.99. The number of carboxylic acid groups (broad SMARTS) is 1. The van der Waals surface area contributed by atoms with Gasteiger partial charge in [0.15, 0.2) is 0 Å². The number of aromatic nitrogens is 3. The van der Waals surface area contributed by atoms with E-state index in [0.29, 0.717) is 29.7 Å². The molecule has 7 nitrogen and oxygen atoms in total. The molecule has 0 spiro atoms. The minimum Gasteiger partial charge on any atom is -0.464 e. The molecule has 1 aromatic carbocycles. The van der Waals surface area contributed by atoms with Crippen LogP contribution in [0.5, 0.6) is 11.6 Å². The molecule has 0 unspecified atom stereocenters. The number of benzene rings is 1. The molecule has 0 radical (unpaired) electrons. The molecule has 0 bridgehead atoms. The summed E-state index contributed by atoms with van der Waals surface area (Å²) < 4.78 is 7.15. The van der Waals surface area contributed by atoms with Crippen molar-refractivity contribution in [3.63, 3.8) is 0 Å². The first-order valence-electron chi connectivity index (χ1n) is 7.70. The molecule has 1 aliphatic rings. The highest BCUT2D eigenvalue weighted by molar-refractivity contribution is 5.89. The van der Waals surface area contributed by atoms with Crippen LogP contribution in [0.25, 0.3) is 10.9 Å². The lowest BCUT2D eigenvalue weighted by Gasteiger charge is -2.23. The number of rotatable bonds is 2. The highest BCUT2D eigenvalue weighted by Crippen LogP contribution is 2.29. The highest BCUT2D eigenvalue weighted by Gasteiger charge is 2.21. The first kappa shape index (κ1) is 14.6. The summed E-state index contributed by atoms with van der Waals surface area (Å²) in [6.07, 6.45) is 2.83. The van der Waals surface area contributed by atoms with Crippen molar-refractivity contribution in [3.8, 4) is 11.6 Å². The monoisotopic (exact) mass is 324 g/mol. The van der Waals surface area contributed by atoms with Crippen molar-refractivity contribution in [3.05, 3.63) is 48.0 Å². The molecule has 4 rings (SSSR count). The molecule has 0 aliphatic carbocycles. The summed E-state index contributed by atoms with van der Waals surface area (Å²) >= 11 is 0. The van der Waals surface area contributed by atoms with Gasteiger partial charge in [-0.1, -0.05) is 0 Å². The normalized spacial score (nSPS) is 16.8. The van der Waals surface area contributed by atoms with Crippen LogP contribution in [0.1, 0.15) is 18.2 Å². The molecule has 0 saturated carbocycles. The number of fused-ring (bicyclic) bond motifs is 2. The standard InChI is InChI=1S/C17H16N4O3/c1-10-6-13-14(8-18-10)19-9-20-16(13)24-12-2-3-15-11(7-12)4-5-21(15)17(22)23/h2-5,7,9-10,18H,6,8H2,1H3,(H,22,23)/t10-/m1/s1. The highest BCUT2D eigenvalue weighted by atomic mass is 16.5. The number of carbonyl (C=O) groups is 1. The van der Waals surface area contributed by atoms with Crippen LogP contribution in [-0.2, 0) is 13.0 Å². The third-order valence-electron chi connectivity index (χ3n) is 4.21. The SMILES string of the molecule is C[C@@H]1Cc2c(ncnc2Oc2ccc3c(ccn3C(=O)O)c2)CN1. The van der Waals surface area contributed by atoms with Crippen LogP contribution < -0.4 is 10.1 Å². The van der Waals surface area contributed by atoms with E-state index in [1.165, 1.54) is 17.1 Å². The van der Waals surface area contributed by atoms with E-state index >= 15 is 0 Å². The van der Waals surface area contributed by atoms with E-state index in [2.05, 4.69) is 22.2 Å². The van der Waals surface area contributed by atoms with Crippen molar-refractivity contribution in [2.75, 3.05) is 0 Å². The van der Waals surface area contributed by atoms with Crippen LogP contribution >= 0.6 is 0 Å². The molecule has 2 N–H and O–H groups in total. The number of nitrogens with zero attached hydrogens (tertiary/aromatic N) is 3. The van der Waals surface area contributed by atoms with E-state index in [1.54, 1.807) is 18.2 Å². The molecule has 0 saturated heterocycles. The largest absolute Gasteiger partial charge is 0.464 e. The van der Waals surface area contributed by atoms with E-state index in [4.69, 9.17) is 9.84 Å². The molecule has 0 fully saturated rings. The Morgan fingerprint density at radius 3 is 3.08 bits per heavy atom. The van der Waals surface area contributed by atoms with Crippen molar-refractivity contribution >= 4 is 17.0 Å². The third kappa shape index (κ3) is 2.48. The van der Waals surface area contributed by atoms with Crippen LogP contribution in [0.2, 0.25) is 0 Å². The van der Waals surface area contributed by atoms with Crippen molar-refractivity contribution in [2.45, 2.75) is 25.9 Å². The molecule has 122 valence electrons. The van der Waals surface area contributed by atoms with Crippen LogP contribution in [0.4, 0.5) is 4.79 Å². The molecular formula is C17H16N4O3. The van der Waals surface area contributed by atoms with Gasteiger partial charge >= 0.3 is 6.09 Å². The van der Waals surface area contributed by atoms with Crippen molar-refractivity contribution in [1.82, 2.24) is 19.9 Å². The fourth-order valence-corrected chi connectivity index (χ4v) is 2.99. The number of hydrogen-bond acceptors (Lipinski definition) is 5. The third-order valence-corrected chi connectivity index (χ3v) is 4.21. The van der Waals surface area contributed by atoms with Gasteiger partial charge in [0.25, 0.3) is 0 Å². The Bertz CT molecular complexity index is 935. The summed E-state index contributed by atoms with van der Waals surface area (Å²) in [6.45, 7) is 2.82. The maximum absolute atomic E-state index is 11.2. The van der Waals surface area contributed by atoms with Crippen molar-refractivity contribution in [1.29, 1.82) is 0 Å². The maximum Gasteiger partial charge on any atom is 0.415 e. The Morgan fingerprint density at radius 1 is 1.38 bits per heavy atom. The quantitative estimate of drug-likeness (QED) is 0.753. The predicted octanol–water partition coefficient (Wildman–Crippen LogP) is 2.78. The molecule has 1 atom stereocenters. The fraction of sp³-hybridized carbons (Fsp3) is 0.235. The lowest BCUT2D eigenvalue weighted by molar-refractivity contribution is 0.197. The van der Waals surface area contributed by atoms with Gasteiger partial charge in [-0.05, 0) is 37.6 Å². The van der Waals surface area contributed by atoms with Gasteiger partial charge in [-0.3, -0.25) is 4.57 Å². The Hall–Kier alpha value is -2.93. The van der Waals surface area contributed by atoms with Crippen LogP contribution in [0.15, 0.2) is 36.8 Å². The fourth-order valence-electron chi connectivity index (χ4n) is 2.99. The van der Waals surface area contributed by atoms with Crippen LogP contribution in [0.3, 0.4) is 0 Å². The van der Waals surface area contributed by atoms with Gasteiger partial charge in [-0.2, -0.15) is 0 Å². The zero-order valence-corrected chi connectivity index (χ0v) is 13.1. The van der Waals surface area contributed by atoms with Crippen LogP contribution in [0, 0.1) is 0 Å². The second-order valence-electron chi connectivity index (χ2n) is 5.88. The van der Waals surface area contributed by atoms with Gasteiger partial charge in [0.05, 0.1) is 11.2 Å². The van der Waals surface area contributed by atoms with E-state index in [1.807, 2.05) is 6.07 Å². The van der Waals surface area contributed by atoms with E-state index in [0.717, 1.165) is 23.1 Å². The predicted molar refractivity (Wildman–Crippen MR) is 87.5 cm³/mol. The Kier molecular flexibility index (Phi) is 3.42. The van der Waals surface area contributed by atoms with Gasteiger partial charge in [-0.25, -0.2) is 14.8 Å². The lowest BCUT2D eigenvalue weighted by atomic mass is 10.0. The summed E-state index contributed by atoms with van der Waals surface area (Å²) in [7, 11) is 0. The lowest BCUT2D eigenvalue weighted by Crippen LogP contribution is -2.33. The zero-order valence-electron chi connectivity index (χ0n) is 13.1. The second-order valence-corrected chi connectivity index (χ2v) is 5.88. The molecule has 24 heavy (non-hydrogen) atoms. The number of nitrogens with one attached hydrogen (secondary N) is 1. The van der Waals surface area contributed by atoms with Gasteiger partial charge < -0.3 is 15.2 Å². The molecule has 3 heterocycles. The molecular weight excluding hydrogens is 308 g/mol.